The van der Waals surface area contributed by atoms with Crippen LogP contribution in [0.2, 0.25) is 0 Å². The fraction of sp³-hybridized carbons (Fsp3) is 0.500. The zero-order valence-corrected chi connectivity index (χ0v) is 8.11. The molecule has 0 aromatic heterocycles. The predicted molar refractivity (Wildman–Crippen MR) is 52.9 cm³/mol. The number of aliphatic hydroxyl groups excluding tert-OH is 1. The summed E-state index contributed by atoms with van der Waals surface area (Å²) in [5, 5.41) is 9.02. The summed E-state index contributed by atoms with van der Waals surface area (Å²) in [5.74, 6) is 0. The molecule has 1 rings (SSSR count). The summed E-state index contributed by atoms with van der Waals surface area (Å²) in [5.41, 5.74) is 0.944. The highest BCUT2D eigenvalue weighted by atomic mass is 16.6. The number of carbonyl (C=O) groups is 1. The lowest BCUT2D eigenvalue weighted by Crippen LogP contribution is -2.38. The van der Waals surface area contributed by atoms with E-state index in [2.05, 4.69) is 13.2 Å². The Labute approximate surface area is 83.5 Å². The third-order valence-electron chi connectivity index (χ3n) is 2.13. The topological polar surface area (TPSA) is 49.8 Å². The first-order chi connectivity index (χ1) is 6.69. The molecule has 1 amide bonds. The standard InChI is InChI=1S/C10H15NO3/c1-3-4-14-10(13)11-6-8(2)5-9(11)7-12/h3,9,12H,1-2,4-7H2/t9-/m0/s1. The third-order valence-corrected chi connectivity index (χ3v) is 2.13. The Bertz CT molecular complexity index is 250. The summed E-state index contributed by atoms with van der Waals surface area (Å²) >= 11 is 0. The van der Waals surface area contributed by atoms with Crippen molar-refractivity contribution in [3.05, 3.63) is 24.8 Å². The Morgan fingerprint density at radius 1 is 1.79 bits per heavy atom. The SMILES string of the molecule is C=CCOC(=O)N1CC(=C)C[C@H]1CO. The number of carbonyl (C=O) groups excluding carboxylic acids is 1. The fourth-order valence-electron chi connectivity index (χ4n) is 1.47. The Balaban J connectivity index is 2.53. The van der Waals surface area contributed by atoms with E-state index in [1.807, 2.05) is 0 Å². The van der Waals surface area contributed by atoms with Crippen molar-refractivity contribution in [2.75, 3.05) is 19.8 Å². The smallest absolute Gasteiger partial charge is 0.410 e. The van der Waals surface area contributed by atoms with Crippen LogP contribution in [0.4, 0.5) is 4.79 Å². The Morgan fingerprint density at radius 2 is 2.50 bits per heavy atom. The number of likely N-dealkylation sites (tertiary alicyclic amines) is 1. The van der Waals surface area contributed by atoms with E-state index in [4.69, 9.17) is 9.84 Å². The van der Waals surface area contributed by atoms with Crippen molar-refractivity contribution < 1.29 is 14.6 Å². The number of hydrogen-bond acceptors (Lipinski definition) is 3. The fourth-order valence-corrected chi connectivity index (χ4v) is 1.47. The molecule has 4 heteroatoms. The zero-order chi connectivity index (χ0) is 10.6. The predicted octanol–water partition coefficient (Wildman–Crippen LogP) is 0.932. The highest BCUT2D eigenvalue weighted by molar-refractivity contribution is 5.69. The monoisotopic (exact) mass is 197 g/mol. The summed E-state index contributed by atoms with van der Waals surface area (Å²) in [4.78, 5) is 12.9. The van der Waals surface area contributed by atoms with Crippen LogP contribution in [0.5, 0.6) is 0 Å². The van der Waals surface area contributed by atoms with Crippen LogP contribution >= 0.6 is 0 Å². The Morgan fingerprint density at radius 3 is 3.07 bits per heavy atom. The highest BCUT2D eigenvalue weighted by Gasteiger charge is 2.31. The lowest BCUT2D eigenvalue weighted by Gasteiger charge is -2.21. The van der Waals surface area contributed by atoms with Crippen LogP contribution in [0.15, 0.2) is 24.8 Å². The van der Waals surface area contributed by atoms with Crippen LogP contribution < -0.4 is 0 Å². The normalized spacial score (nSPS) is 21.1. The maximum atomic E-state index is 11.4. The van der Waals surface area contributed by atoms with Gasteiger partial charge in [0.1, 0.15) is 6.61 Å². The molecular weight excluding hydrogens is 182 g/mol. The van der Waals surface area contributed by atoms with Crippen molar-refractivity contribution in [3.63, 3.8) is 0 Å². The molecule has 1 saturated heterocycles. The van der Waals surface area contributed by atoms with Gasteiger partial charge in [-0.1, -0.05) is 24.8 Å². The molecule has 0 aromatic carbocycles. The number of hydrogen-bond donors (Lipinski definition) is 1. The molecule has 1 atom stereocenters. The van der Waals surface area contributed by atoms with Crippen molar-refractivity contribution >= 4 is 6.09 Å². The molecule has 0 aromatic rings. The van der Waals surface area contributed by atoms with Crippen molar-refractivity contribution in [1.29, 1.82) is 0 Å². The van der Waals surface area contributed by atoms with Crippen molar-refractivity contribution in [3.8, 4) is 0 Å². The first-order valence-electron chi connectivity index (χ1n) is 4.50. The Hall–Kier alpha value is -1.29. The van der Waals surface area contributed by atoms with Crippen LogP contribution in [0.3, 0.4) is 0 Å². The van der Waals surface area contributed by atoms with Crippen LogP contribution in [0, 0.1) is 0 Å². The molecule has 4 nitrogen and oxygen atoms in total. The number of amides is 1. The molecule has 78 valence electrons. The van der Waals surface area contributed by atoms with E-state index in [9.17, 15) is 4.79 Å². The number of aliphatic hydroxyl groups is 1. The third kappa shape index (κ3) is 2.35. The van der Waals surface area contributed by atoms with E-state index in [-0.39, 0.29) is 19.3 Å². The van der Waals surface area contributed by atoms with E-state index >= 15 is 0 Å². The molecule has 1 N–H and O–H groups in total. The van der Waals surface area contributed by atoms with Gasteiger partial charge in [0, 0.05) is 6.54 Å². The van der Waals surface area contributed by atoms with Gasteiger partial charge >= 0.3 is 6.09 Å². The van der Waals surface area contributed by atoms with Gasteiger partial charge in [0.05, 0.1) is 12.6 Å². The van der Waals surface area contributed by atoms with Gasteiger partial charge in [-0.2, -0.15) is 0 Å². The molecular formula is C10H15NO3. The number of rotatable bonds is 3. The number of nitrogens with zero attached hydrogens (tertiary/aromatic N) is 1. The van der Waals surface area contributed by atoms with Gasteiger partial charge in [-0.25, -0.2) is 4.79 Å². The van der Waals surface area contributed by atoms with Crippen LogP contribution in [0.1, 0.15) is 6.42 Å². The molecule has 0 radical (unpaired) electrons. The highest BCUT2D eigenvalue weighted by Crippen LogP contribution is 2.21. The summed E-state index contributed by atoms with van der Waals surface area (Å²) in [6.07, 6.45) is 1.75. The second kappa shape index (κ2) is 4.81. The summed E-state index contributed by atoms with van der Waals surface area (Å²) < 4.78 is 4.87. The van der Waals surface area contributed by atoms with E-state index in [0.29, 0.717) is 13.0 Å². The first-order valence-corrected chi connectivity index (χ1v) is 4.50. The molecule has 1 aliphatic rings. The second-order valence-electron chi connectivity index (χ2n) is 3.28. The van der Waals surface area contributed by atoms with Gasteiger partial charge in [0.2, 0.25) is 0 Å². The molecule has 0 aliphatic carbocycles. The maximum absolute atomic E-state index is 11.4. The van der Waals surface area contributed by atoms with Gasteiger partial charge in [0.25, 0.3) is 0 Å². The van der Waals surface area contributed by atoms with Crippen LogP contribution in [-0.4, -0.2) is 41.9 Å². The molecule has 14 heavy (non-hydrogen) atoms. The van der Waals surface area contributed by atoms with Crippen molar-refractivity contribution in [2.24, 2.45) is 0 Å². The lowest BCUT2D eigenvalue weighted by molar-refractivity contribution is 0.0929. The average Bonchev–Trinajstić information content (AvgIpc) is 2.56. The largest absolute Gasteiger partial charge is 0.445 e. The zero-order valence-electron chi connectivity index (χ0n) is 8.11. The van der Waals surface area contributed by atoms with Crippen molar-refractivity contribution in [2.45, 2.75) is 12.5 Å². The lowest BCUT2D eigenvalue weighted by atomic mass is 10.2. The van der Waals surface area contributed by atoms with E-state index < -0.39 is 6.09 Å². The summed E-state index contributed by atoms with van der Waals surface area (Å²) in [6, 6.07) is -0.181. The number of ether oxygens (including phenoxy) is 1. The molecule has 0 spiro atoms. The minimum atomic E-state index is -0.414. The summed E-state index contributed by atoms with van der Waals surface area (Å²) in [7, 11) is 0. The van der Waals surface area contributed by atoms with E-state index in [1.54, 1.807) is 0 Å². The first kappa shape index (κ1) is 10.8. The molecule has 0 saturated carbocycles. The van der Waals surface area contributed by atoms with E-state index in [0.717, 1.165) is 5.57 Å². The van der Waals surface area contributed by atoms with Gasteiger partial charge in [-0.3, -0.25) is 4.90 Å². The quantitative estimate of drug-likeness (QED) is 0.685. The van der Waals surface area contributed by atoms with Gasteiger partial charge in [-0.05, 0) is 6.42 Å². The molecule has 1 aliphatic heterocycles. The van der Waals surface area contributed by atoms with Crippen molar-refractivity contribution in [1.82, 2.24) is 4.90 Å². The van der Waals surface area contributed by atoms with Crippen LogP contribution in [-0.2, 0) is 4.74 Å². The summed E-state index contributed by atoms with van der Waals surface area (Å²) in [6.45, 7) is 7.85. The minimum absolute atomic E-state index is 0.0534. The molecule has 1 heterocycles. The Kier molecular flexibility index (Phi) is 3.71. The van der Waals surface area contributed by atoms with Gasteiger partial charge in [0.15, 0.2) is 0 Å². The second-order valence-corrected chi connectivity index (χ2v) is 3.28. The average molecular weight is 197 g/mol. The molecule has 0 unspecified atom stereocenters. The molecule has 0 bridgehead atoms. The molecule has 1 fully saturated rings. The maximum Gasteiger partial charge on any atom is 0.410 e. The minimum Gasteiger partial charge on any atom is -0.445 e. The van der Waals surface area contributed by atoms with Gasteiger partial charge < -0.3 is 9.84 Å². The van der Waals surface area contributed by atoms with Gasteiger partial charge in [-0.15, -0.1) is 0 Å². The van der Waals surface area contributed by atoms with Crippen LogP contribution in [0.25, 0.3) is 0 Å². The van der Waals surface area contributed by atoms with E-state index in [1.165, 1.54) is 11.0 Å².